The van der Waals surface area contributed by atoms with E-state index < -0.39 is 0 Å². The van der Waals surface area contributed by atoms with Gasteiger partial charge in [-0.05, 0) is 31.9 Å². The van der Waals surface area contributed by atoms with Crippen LogP contribution in [-0.2, 0) is 0 Å². The maximum absolute atomic E-state index is 4.67. The highest BCUT2D eigenvalue weighted by Crippen LogP contribution is 2.37. The predicted molar refractivity (Wildman–Crippen MR) is 90.4 cm³/mol. The van der Waals surface area contributed by atoms with Gasteiger partial charge in [0.05, 0.1) is 10.2 Å². The number of unbranched alkanes of at least 4 members (excludes halogenated alkanes) is 1. The van der Waals surface area contributed by atoms with Crippen LogP contribution in [0.5, 0.6) is 0 Å². The molecular weight excluding hydrogens is 280 g/mol. The first-order chi connectivity index (χ1) is 10.1. The molecule has 0 amide bonds. The normalized spacial score (nSPS) is 11.4. The second kappa shape index (κ2) is 5.56. The Morgan fingerprint density at radius 1 is 1.24 bits per heavy atom. The maximum atomic E-state index is 4.67. The summed E-state index contributed by atoms with van der Waals surface area (Å²) in [6, 6.07) is 2.12. The third-order valence-electron chi connectivity index (χ3n) is 3.74. The Balaban J connectivity index is 2.22. The molecule has 0 atom stereocenters. The van der Waals surface area contributed by atoms with Gasteiger partial charge in [0.15, 0.2) is 0 Å². The molecule has 0 aliphatic rings. The molecule has 0 fully saturated rings. The van der Waals surface area contributed by atoms with Crippen LogP contribution >= 0.6 is 11.3 Å². The summed E-state index contributed by atoms with van der Waals surface area (Å²) >= 11 is 1.70. The third kappa shape index (κ3) is 2.46. The van der Waals surface area contributed by atoms with Crippen molar-refractivity contribution in [3.05, 3.63) is 23.7 Å². The lowest BCUT2D eigenvalue weighted by Crippen LogP contribution is -2.19. The molecule has 3 rings (SSSR count). The molecule has 0 unspecified atom stereocenters. The molecule has 0 saturated heterocycles. The van der Waals surface area contributed by atoms with E-state index in [1.165, 1.54) is 23.8 Å². The fraction of sp³-hybridized carbons (Fsp3) is 0.438. The molecule has 110 valence electrons. The van der Waals surface area contributed by atoms with Crippen LogP contribution in [0.25, 0.3) is 20.4 Å². The lowest BCUT2D eigenvalue weighted by molar-refractivity contribution is 0.761. The van der Waals surface area contributed by atoms with Crippen molar-refractivity contribution >= 4 is 37.6 Å². The summed E-state index contributed by atoms with van der Waals surface area (Å²) in [5, 5.41) is 1.17. The van der Waals surface area contributed by atoms with Gasteiger partial charge in [0.2, 0.25) is 0 Å². The van der Waals surface area contributed by atoms with Crippen molar-refractivity contribution in [2.75, 3.05) is 18.5 Å². The van der Waals surface area contributed by atoms with E-state index in [4.69, 9.17) is 0 Å². The van der Waals surface area contributed by atoms with E-state index in [0.29, 0.717) is 0 Å². The van der Waals surface area contributed by atoms with Crippen LogP contribution in [0, 0.1) is 13.8 Å². The highest BCUT2D eigenvalue weighted by Gasteiger charge is 2.16. The Hall–Kier alpha value is -1.75. The van der Waals surface area contributed by atoms with E-state index >= 15 is 0 Å². The zero-order chi connectivity index (χ0) is 15.0. The molecule has 0 aliphatic carbocycles. The molecule has 3 aromatic rings. The number of rotatable bonds is 4. The van der Waals surface area contributed by atoms with Gasteiger partial charge < -0.3 is 4.90 Å². The average molecular weight is 300 g/mol. The van der Waals surface area contributed by atoms with Crippen molar-refractivity contribution in [2.24, 2.45) is 0 Å². The number of anilines is 1. The van der Waals surface area contributed by atoms with Gasteiger partial charge in [0.25, 0.3) is 0 Å². The van der Waals surface area contributed by atoms with E-state index in [1.54, 1.807) is 17.7 Å². The van der Waals surface area contributed by atoms with Crippen molar-refractivity contribution in [1.29, 1.82) is 0 Å². The van der Waals surface area contributed by atoms with Crippen LogP contribution in [0.3, 0.4) is 0 Å². The molecular formula is C16H20N4S. The van der Waals surface area contributed by atoms with Gasteiger partial charge in [0, 0.05) is 24.7 Å². The van der Waals surface area contributed by atoms with Gasteiger partial charge >= 0.3 is 0 Å². The summed E-state index contributed by atoms with van der Waals surface area (Å²) < 4.78 is 1.15. The van der Waals surface area contributed by atoms with Crippen LogP contribution in [0.1, 0.15) is 31.0 Å². The Morgan fingerprint density at radius 2 is 2.05 bits per heavy atom. The molecule has 3 heterocycles. The van der Waals surface area contributed by atoms with Gasteiger partial charge in [-0.3, -0.25) is 0 Å². The summed E-state index contributed by atoms with van der Waals surface area (Å²) in [5.41, 5.74) is 3.33. The zero-order valence-corrected chi connectivity index (χ0v) is 13.8. The summed E-state index contributed by atoms with van der Waals surface area (Å²) in [4.78, 5) is 17.0. The van der Waals surface area contributed by atoms with Crippen LogP contribution in [0.2, 0.25) is 0 Å². The molecule has 4 nitrogen and oxygen atoms in total. The number of hydrogen-bond acceptors (Lipinski definition) is 5. The standard InChI is InChI=1S/C16H20N4S/c1-5-6-7-20(4)15-14-13(17-9-18-15)12-10(2)8-11(3)19-16(12)21-14/h8-9H,5-7H2,1-4H3. The number of nitrogens with zero attached hydrogens (tertiary/aromatic N) is 4. The van der Waals surface area contributed by atoms with Crippen LogP contribution in [0.4, 0.5) is 5.82 Å². The molecule has 0 saturated carbocycles. The Labute approximate surface area is 128 Å². The van der Waals surface area contributed by atoms with E-state index in [2.05, 4.69) is 46.8 Å². The van der Waals surface area contributed by atoms with Gasteiger partial charge in [-0.2, -0.15) is 0 Å². The Morgan fingerprint density at radius 3 is 2.81 bits per heavy atom. The molecule has 0 N–H and O–H groups in total. The smallest absolute Gasteiger partial charge is 0.149 e. The number of thiophene rings is 1. The second-order valence-electron chi connectivity index (χ2n) is 5.51. The van der Waals surface area contributed by atoms with E-state index in [0.717, 1.165) is 33.1 Å². The van der Waals surface area contributed by atoms with Gasteiger partial charge in [-0.1, -0.05) is 13.3 Å². The Bertz CT molecular complexity index is 794. The average Bonchev–Trinajstić information content (AvgIpc) is 2.82. The minimum absolute atomic E-state index is 1.02. The summed E-state index contributed by atoms with van der Waals surface area (Å²) in [6.45, 7) is 7.39. The molecule has 0 bridgehead atoms. The van der Waals surface area contributed by atoms with Gasteiger partial charge in [-0.15, -0.1) is 11.3 Å². The minimum Gasteiger partial charge on any atom is -0.358 e. The molecule has 0 aromatic carbocycles. The van der Waals surface area contributed by atoms with E-state index in [-0.39, 0.29) is 0 Å². The Kier molecular flexibility index (Phi) is 3.76. The van der Waals surface area contributed by atoms with Crippen molar-refractivity contribution < 1.29 is 0 Å². The number of pyridine rings is 1. The van der Waals surface area contributed by atoms with E-state index in [1.807, 2.05) is 6.92 Å². The van der Waals surface area contributed by atoms with Crippen LogP contribution in [0.15, 0.2) is 12.4 Å². The number of aryl methyl sites for hydroxylation is 2. The predicted octanol–water partition coefficient (Wildman–Crippen LogP) is 4.09. The van der Waals surface area contributed by atoms with Gasteiger partial charge in [0.1, 0.15) is 17.0 Å². The van der Waals surface area contributed by atoms with E-state index in [9.17, 15) is 0 Å². The third-order valence-corrected chi connectivity index (χ3v) is 4.81. The monoisotopic (exact) mass is 300 g/mol. The SMILES string of the molecule is CCCCN(C)c1ncnc2c1sc1nc(C)cc(C)c12. The fourth-order valence-electron chi connectivity index (χ4n) is 2.67. The van der Waals surface area contributed by atoms with Crippen molar-refractivity contribution in [2.45, 2.75) is 33.6 Å². The van der Waals surface area contributed by atoms with Crippen molar-refractivity contribution in [3.8, 4) is 0 Å². The zero-order valence-electron chi connectivity index (χ0n) is 13.0. The fourth-order valence-corrected chi connectivity index (χ4v) is 3.96. The number of fused-ring (bicyclic) bond motifs is 3. The molecule has 5 heteroatoms. The molecule has 0 aliphatic heterocycles. The summed E-state index contributed by atoms with van der Waals surface area (Å²) in [6.07, 6.45) is 4.03. The summed E-state index contributed by atoms with van der Waals surface area (Å²) in [7, 11) is 2.10. The van der Waals surface area contributed by atoms with Crippen LogP contribution < -0.4 is 4.90 Å². The summed E-state index contributed by atoms with van der Waals surface area (Å²) in [5.74, 6) is 1.02. The maximum Gasteiger partial charge on any atom is 0.149 e. The molecule has 0 spiro atoms. The van der Waals surface area contributed by atoms with Crippen molar-refractivity contribution in [3.63, 3.8) is 0 Å². The number of aromatic nitrogens is 3. The lowest BCUT2D eigenvalue weighted by Gasteiger charge is -2.17. The first-order valence-corrected chi connectivity index (χ1v) is 8.16. The second-order valence-corrected chi connectivity index (χ2v) is 6.51. The largest absolute Gasteiger partial charge is 0.358 e. The molecule has 0 radical (unpaired) electrons. The topological polar surface area (TPSA) is 41.9 Å². The molecule has 3 aromatic heterocycles. The molecule has 21 heavy (non-hydrogen) atoms. The van der Waals surface area contributed by atoms with Crippen molar-refractivity contribution in [1.82, 2.24) is 15.0 Å². The first-order valence-electron chi connectivity index (χ1n) is 7.34. The lowest BCUT2D eigenvalue weighted by atomic mass is 10.1. The highest BCUT2D eigenvalue weighted by molar-refractivity contribution is 7.26. The van der Waals surface area contributed by atoms with Gasteiger partial charge in [-0.25, -0.2) is 15.0 Å². The minimum atomic E-state index is 1.02. The quantitative estimate of drug-likeness (QED) is 0.727. The first kappa shape index (κ1) is 14.2. The number of hydrogen-bond donors (Lipinski definition) is 0. The van der Waals surface area contributed by atoms with Crippen LogP contribution in [-0.4, -0.2) is 28.5 Å². The highest BCUT2D eigenvalue weighted by atomic mass is 32.1.